The summed E-state index contributed by atoms with van der Waals surface area (Å²) in [5, 5.41) is 11.4. The molecule has 0 bridgehead atoms. The second-order valence-corrected chi connectivity index (χ2v) is 7.47. The first-order chi connectivity index (χ1) is 15.0. The Morgan fingerprint density at radius 3 is 2.87 bits per heavy atom. The topological polar surface area (TPSA) is 99.8 Å². The van der Waals surface area contributed by atoms with E-state index in [-0.39, 0.29) is 5.91 Å². The summed E-state index contributed by atoms with van der Waals surface area (Å²) in [5.74, 6) is 0.831. The molecule has 0 unspecified atom stereocenters. The molecule has 0 aliphatic heterocycles. The van der Waals surface area contributed by atoms with Crippen molar-refractivity contribution in [2.75, 3.05) is 13.2 Å². The van der Waals surface area contributed by atoms with Crippen molar-refractivity contribution in [2.45, 2.75) is 0 Å². The van der Waals surface area contributed by atoms with E-state index in [1.165, 1.54) is 6.20 Å². The fourth-order valence-corrected chi connectivity index (χ4v) is 3.71. The van der Waals surface area contributed by atoms with Gasteiger partial charge in [0.25, 0.3) is 5.91 Å². The summed E-state index contributed by atoms with van der Waals surface area (Å²) in [7, 11) is 3.56. The van der Waals surface area contributed by atoms with Crippen molar-refractivity contribution in [3.8, 4) is 17.3 Å². The number of aromatic nitrogens is 6. The van der Waals surface area contributed by atoms with Crippen molar-refractivity contribution >= 4 is 38.9 Å². The molecular formula is C21H20BrN7O2. The van der Waals surface area contributed by atoms with Gasteiger partial charge in [-0.2, -0.15) is 10.2 Å². The second kappa shape index (κ2) is 8.68. The van der Waals surface area contributed by atoms with Crippen LogP contribution in [0, 0.1) is 0 Å². The molecule has 0 atom stereocenters. The average molecular weight is 482 g/mol. The molecule has 1 amide bonds. The molecule has 31 heavy (non-hydrogen) atoms. The Balaban J connectivity index is 1.49. The number of benzene rings is 1. The molecule has 4 rings (SSSR count). The Kier molecular flexibility index (Phi) is 5.81. The molecule has 1 N–H and O–H groups in total. The van der Waals surface area contributed by atoms with Gasteiger partial charge >= 0.3 is 0 Å². The van der Waals surface area contributed by atoms with E-state index in [0.717, 1.165) is 16.8 Å². The third kappa shape index (κ3) is 4.06. The van der Waals surface area contributed by atoms with Gasteiger partial charge in [0, 0.05) is 19.7 Å². The van der Waals surface area contributed by atoms with E-state index in [2.05, 4.69) is 48.0 Å². The highest BCUT2D eigenvalue weighted by atomic mass is 79.9. The molecule has 0 spiro atoms. The van der Waals surface area contributed by atoms with Crippen LogP contribution in [0.2, 0.25) is 0 Å². The number of rotatable bonds is 7. The largest absolute Gasteiger partial charge is 0.491 e. The third-order valence-electron chi connectivity index (χ3n) is 4.73. The zero-order chi connectivity index (χ0) is 22.0. The average Bonchev–Trinajstić information content (AvgIpc) is 3.30. The first kappa shape index (κ1) is 20.7. The lowest BCUT2D eigenvalue weighted by molar-refractivity contribution is 0.0947. The van der Waals surface area contributed by atoms with Gasteiger partial charge in [-0.25, -0.2) is 9.97 Å². The highest BCUT2D eigenvalue weighted by Crippen LogP contribution is 2.25. The molecule has 4 aromatic rings. The first-order valence-corrected chi connectivity index (χ1v) is 10.3. The van der Waals surface area contributed by atoms with E-state index in [9.17, 15) is 4.79 Å². The molecule has 3 aromatic heterocycles. The number of para-hydroxylation sites is 1. The lowest BCUT2D eigenvalue weighted by atomic mass is 10.2. The van der Waals surface area contributed by atoms with Crippen LogP contribution in [0.25, 0.3) is 28.6 Å². The second-order valence-electron chi connectivity index (χ2n) is 6.72. The molecule has 0 saturated carbocycles. The fourth-order valence-electron chi connectivity index (χ4n) is 3.18. The van der Waals surface area contributed by atoms with E-state index in [1.807, 2.05) is 31.3 Å². The Hall–Kier alpha value is -3.53. The minimum absolute atomic E-state index is 0.280. The highest BCUT2D eigenvalue weighted by molar-refractivity contribution is 9.10. The predicted molar refractivity (Wildman–Crippen MR) is 121 cm³/mol. The van der Waals surface area contributed by atoms with Gasteiger partial charge in [0.1, 0.15) is 29.1 Å². The van der Waals surface area contributed by atoms with E-state index in [1.54, 1.807) is 28.7 Å². The van der Waals surface area contributed by atoms with Crippen LogP contribution in [0.1, 0.15) is 15.9 Å². The number of ether oxygens (including phenoxy) is 1. The molecule has 0 aliphatic carbocycles. The van der Waals surface area contributed by atoms with Gasteiger partial charge in [-0.3, -0.25) is 14.2 Å². The van der Waals surface area contributed by atoms with Crippen LogP contribution in [0.15, 0.2) is 47.8 Å². The SMILES string of the molecule is C=Cc1ccccc1OCCNC(=O)c1cnn(C)c1-c1ncc2c(n1)c(Br)nn2C. The normalized spacial score (nSPS) is 10.9. The Morgan fingerprint density at radius 2 is 2.06 bits per heavy atom. The Labute approximate surface area is 186 Å². The zero-order valence-corrected chi connectivity index (χ0v) is 18.6. The Morgan fingerprint density at radius 1 is 1.26 bits per heavy atom. The van der Waals surface area contributed by atoms with Gasteiger partial charge in [-0.15, -0.1) is 0 Å². The quantitative estimate of drug-likeness (QED) is 0.407. The van der Waals surface area contributed by atoms with Gasteiger partial charge in [0.15, 0.2) is 10.4 Å². The minimum atomic E-state index is -0.280. The lowest BCUT2D eigenvalue weighted by Gasteiger charge is -2.10. The summed E-state index contributed by atoms with van der Waals surface area (Å²) in [6.45, 7) is 4.42. The summed E-state index contributed by atoms with van der Waals surface area (Å²) >= 11 is 3.41. The number of amides is 1. The van der Waals surface area contributed by atoms with Gasteiger partial charge in [-0.1, -0.05) is 30.9 Å². The van der Waals surface area contributed by atoms with E-state index in [4.69, 9.17) is 4.74 Å². The van der Waals surface area contributed by atoms with Crippen LogP contribution in [-0.2, 0) is 14.1 Å². The van der Waals surface area contributed by atoms with Gasteiger partial charge < -0.3 is 10.1 Å². The maximum atomic E-state index is 12.8. The number of halogens is 1. The van der Waals surface area contributed by atoms with E-state index in [0.29, 0.717) is 40.4 Å². The number of nitrogens with zero attached hydrogens (tertiary/aromatic N) is 6. The minimum Gasteiger partial charge on any atom is -0.491 e. The summed E-state index contributed by atoms with van der Waals surface area (Å²) in [5.41, 5.74) is 3.24. The van der Waals surface area contributed by atoms with Crippen molar-refractivity contribution < 1.29 is 9.53 Å². The molecule has 9 nitrogen and oxygen atoms in total. The van der Waals surface area contributed by atoms with Crippen LogP contribution < -0.4 is 10.1 Å². The molecule has 0 aliphatic rings. The van der Waals surface area contributed by atoms with Crippen LogP contribution in [0.4, 0.5) is 0 Å². The van der Waals surface area contributed by atoms with Crippen LogP contribution in [0.3, 0.4) is 0 Å². The van der Waals surface area contributed by atoms with Crippen molar-refractivity contribution in [1.82, 2.24) is 34.8 Å². The molecule has 1 aromatic carbocycles. The number of nitrogens with one attached hydrogen (secondary N) is 1. The number of hydrogen-bond acceptors (Lipinski definition) is 6. The first-order valence-electron chi connectivity index (χ1n) is 9.49. The fraction of sp³-hybridized carbons (Fsp3) is 0.190. The van der Waals surface area contributed by atoms with Crippen molar-refractivity contribution in [3.63, 3.8) is 0 Å². The summed E-state index contributed by atoms with van der Waals surface area (Å²) < 4.78 is 9.63. The number of carbonyl (C=O) groups excluding carboxylic acids is 1. The highest BCUT2D eigenvalue weighted by Gasteiger charge is 2.21. The maximum absolute atomic E-state index is 12.8. The number of aryl methyl sites for hydroxylation is 2. The van der Waals surface area contributed by atoms with Crippen LogP contribution in [0.5, 0.6) is 5.75 Å². The molecule has 0 fully saturated rings. The van der Waals surface area contributed by atoms with E-state index < -0.39 is 0 Å². The summed E-state index contributed by atoms with van der Waals surface area (Å²) in [4.78, 5) is 21.8. The van der Waals surface area contributed by atoms with Crippen molar-refractivity contribution in [3.05, 3.63) is 59.0 Å². The summed E-state index contributed by atoms with van der Waals surface area (Å²) in [6.07, 6.45) is 4.91. The van der Waals surface area contributed by atoms with Crippen LogP contribution in [-0.4, -0.2) is 48.6 Å². The van der Waals surface area contributed by atoms with Gasteiger partial charge in [0.2, 0.25) is 0 Å². The number of fused-ring (bicyclic) bond motifs is 1. The van der Waals surface area contributed by atoms with Crippen molar-refractivity contribution in [2.24, 2.45) is 14.1 Å². The standard InChI is InChI=1S/C21H20BrN7O2/c1-4-13-7-5-6-8-16(13)31-10-9-23-21(30)14-11-25-29(3)18(14)20-24-12-15-17(26-20)19(22)27-28(15)2/h4-8,11-12H,1,9-10H2,2-3H3,(H,23,30). The van der Waals surface area contributed by atoms with Gasteiger partial charge in [-0.05, 0) is 22.0 Å². The molecule has 0 radical (unpaired) electrons. The molecule has 158 valence electrons. The van der Waals surface area contributed by atoms with Crippen LogP contribution >= 0.6 is 15.9 Å². The summed E-state index contributed by atoms with van der Waals surface area (Å²) in [6, 6.07) is 7.59. The maximum Gasteiger partial charge on any atom is 0.255 e. The monoisotopic (exact) mass is 481 g/mol. The molecule has 3 heterocycles. The van der Waals surface area contributed by atoms with Crippen molar-refractivity contribution in [1.29, 1.82) is 0 Å². The predicted octanol–water partition coefficient (Wildman–Crippen LogP) is 2.98. The molecule has 10 heteroatoms. The van der Waals surface area contributed by atoms with E-state index >= 15 is 0 Å². The lowest BCUT2D eigenvalue weighted by Crippen LogP contribution is -2.28. The smallest absolute Gasteiger partial charge is 0.255 e. The molecular weight excluding hydrogens is 462 g/mol. The zero-order valence-electron chi connectivity index (χ0n) is 17.0. The van der Waals surface area contributed by atoms with Gasteiger partial charge in [0.05, 0.1) is 24.5 Å². The third-order valence-corrected chi connectivity index (χ3v) is 5.26. The molecule has 0 saturated heterocycles. The number of carbonyl (C=O) groups is 1. The Bertz CT molecular complexity index is 1280. The number of hydrogen-bond donors (Lipinski definition) is 1.